The molecule has 1 rings (SSSR count). The number of esters is 1. The Hall–Kier alpha value is -0.650. The van der Waals surface area contributed by atoms with E-state index in [0.29, 0.717) is 13.2 Å². The lowest BCUT2D eigenvalue weighted by atomic mass is 10.2. The number of carbonyl (C=O) groups excluding carboxylic acids is 1. The van der Waals surface area contributed by atoms with Gasteiger partial charge >= 0.3 is 5.97 Å². The van der Waals surface area contributed by atoms with E-state index in [4.69, 9.17) is 9.47 Å². The molecule has 0 bridgehead atoms. The van der Waals surface area contributed by atoms with Crippen molar-refractivity contribution in [2.24, 2.45) is 0 Å². The lowest BCUT2D eigenvalue weighted by molar-refractivity contribution is -0.147. The van der Waals surface area contributed by atoms with Crippen LogP contribution in [-0.2, 0) is 14.3 Å². The van der Waals surface area contributed by atoms with Crippen LogP contribution in [0.25, 0.3) is 0 Å². The van der Waals surface area contributed by atoms with Crippen molar-refractivity contribution < 1.29 is 14.3 Å². The van der Waals surface area contributed by atoms with Crippen molar-refractivity contribution >= 4 is 5.97 Å². The second-order valence-corrected chi connectivity index (χ2v) is 4.57. The number of likely N-dealkylation sites (N-methyl/N-ethyl adjacent to an activating group) is 1. The Morgan fingerprint density at radius 2 is 2.06 bits per heavy atom. The molecular formula is C12H24N2O3. The summed E-state index contributed by atoms with van der Waals surface area (Å²) in [4.78, 5) is 13.9. The topological polar surface area (TPSA) is 50.8 Å². The highest BCUT2D eigenvalue weighted by molar-refractivity contribution is 5.76. The molecule has 1 unspecified atom stereocenters. The maximum atomic E-state index is 11.7. The Bertz CT molecular complexity index is 238. The zero-order valence-electron chi connectivity index (χ0n) is 11.2. The smallest absolute Gasteiger partial charge is 0.324 e. The van der Waals surface area contributed by atoms with E-state index in [2.05, 4.69) is 24.1 Å². The minimum Gasteiger partial charge on any atom is -0.465 e. The van der Waals surface area contributed by atoms with Crippen molar-refractivity contribution in [1.29, 1.82) is 0 Å². The molecule has 3 atom stereocenters. The van der Waals surface area contributed by atoms with E-state index in [1.165, 1.54) is 0 Å². The number of rotatable bonds is 5. The number of nitrogens with one attached hydrogen (secondary N) is 1. The molecule has 0 spiro atoms. The zero-order chi connectivity index (χ0) is 12.8. The average Bonchev–Trinajstić information content (AvgIpc) is 2.24. The Labute approximate surface area is 103 Å². The molecule has 0 radical (unpaired) electrons. The summed E-state index contributed by atoms with van der Waals surface area (Å²) in [7, 11) is 1.79. The van der Waals surface area contributed by atoms with Crippen LogP contribution in [0.1, 0.15) is 20.8 Å². The molecule has 0 saturated carbocycles. The number of ether oxygens (including phenoxy) is 2. The number of carbonyl (C=O) groups is 1. The normalized spacial score (nSPS) is 27.8. The summed E-state index contributed by atoms with van der Waals surface area (Å²) in [5, 5.41) is 3.01. The first-order valence-corrected chi connectivity index (χ1v) is 6.28. The van der Waals surface area contributed by atoms with E-state index in [1.807, 2.05) is 6.92 Å². The lowest BCUT2D eigenvalue weighted by Gasteiger charge is -2.36. The first kappa shape index (κ1) is 14.4. The molecule has 1 aliphatic rings. The third-order valence-corrected chi connectivity index (χ3v) is 2.86. The summed E-state index contributed by atoms with van der Waals surface area (Å²) < 4.78 is 10.7. The van der Waals surface area contributed by atoms with Crippen LogP contribution in [0.2, 0.25) is 0 Å². The van der Waals surface area contributed by atoms with Gasteiger partial charge in [0.15, 0.2) is 0 Å². The number of hydrogen-bond donors (Lipinski definition) is 1. The zero-order valence-corrected chi connectivity index (χ0v) is 11.2. The molecule has 1 saturated heterocycles. The summed E-state index contributed by atoms with van der Waals surface area (Å²) in [5.74, 6) is -0.179. The van der Waals surface area contributed by atoms with Crippen molar-refractivity contribution in [3.63, 3.8) is 0 Å². The standard InChI is InChI=1S/C12H24N2O3/c1-5-16-12(15)11(13-4)8-14-6-9(2)17-10(3)7-14/h9-11,13H,5-8H2,1-4H3/t9-,10+,11?. The van der Waals surface area contributed by atoms with Crippen LogP contribution in [0.3, 0.4) is 0 Å². The van der Waals surface area contributed by atoms with Gasteiger partial charge in [0, 0.05) is 19.6 Å². The van der Waals surface area contributed by atoms with Gasteiger partial charge in [-0.2, -0.15) is 0 Å². The fourth-order valence-corrected chi connectivity index (χ4v) is 2.22. The van der Waals surface area contributed by atoms with Crippen LogP contribution < -0.4 is 5.32 Å². The molecule has 1 aliphatic heterocycles. The molecule has 17 heavy (non-hydrogen) atoms. The fraction of sp³-hybridized carbons (Fsp3) is 0.917. The summed E-state index contributed by atoms with van der Waals surface area (Å²) in [6.45, 7) is 8.76. The van der Waals surface area contributed by atoms with Crippen molar-refractivity contribution in [2.75, 3.05) is 33.3 Å². The molecule has 1 N–H and O–H groups in total. The highest BCUT2D eigenvalue weighted by Gasteiger charge is 2.27. The lowest BCUT2D eigenvalue weighted by Crippen LogP contribution is -2.52. The van der Waals surface area contributed by atoms with E-state index >= 15 is 0 Å². The second-order valence-electron chi connectivity index (χ2n) is 4.57. The van der Waals surface area contributed by atoms with Gasteiger partial charge in [-0.25, -0.2) is 0 Å². The quantitative estimate of drug-likeness (QED) is 0.702. The first-order valence-electron chi connectivity index (χ1n) is 6.28. The third kappa shape index (κ3) is 4.61. The van der Waals surface area contributed by atoms with Gasteiger partial charge in [-0.1, -0.05) is 0 Å². The van der Waals surface area contributed by atoms with Gasteiger partial charge in [0.1, 0.15) is 6.04 Å². The Morgan fingerprint density at radius 1 is 1.47 bits per heavy atom. The van der Waals surface area contributed by atoms with E-state index < -0.39 is 0 Å². The van der Waals surface area contributed by atoms with Gasteiger partial charge in [0.25, 0.3) is 0 Å². The predicted molar refractivity (Wildman–Crippen MR) is 65.9 cm³/mol. The molecule has 0 aliphatic carbocycles. The molecule has 0 aromatic heterocycles. The summed E-state index contributed by atoms with van der Waals surface area (Å²) in [6.07, 6.45) is 0.442. The molecule has 1 fully saturated rings. The largest absolute Gasteiger partial charge is 0.465 e. The van der Waals surface area contributed by atoms with Gasteiger partial charge in [0.2, 0.25) is 0 Å². The fourth-order valence-electron chi connectivity index (χ4n) is 2.22. The molecule has 0 amide bonds. The highest BCUT2D eigenvalue weighted by atomic mass is 16.5. The van der Waals surface area contributed by atoms with Gasteiger partial charge in [-0.05, 0) is 27.8 Å². The van der Waals surface area contributed by atoms with Crippen molar-refractivity contribution in [1.82, 2.24) is 10.2 Å². The third-order valence-electron chi connectivity index (χ3n) is 2.86. The van der Waals surface area contributed by atoms with Crippen LogP contribution in [0, 0.1) is 0 Å². The van der Waals surface area contributed by atoms with Crippen LogP contribution >= 0.6 is 0 Å². The van der Waals surface area contributed by atoms with Crippen molar-refractivity contribution in [3.05, 3.63) is 0 Å². The Morgan fingerprint density at radius 3 is 2.53 bits per heavy atom. The number of nitrogens with zero attached hydrogens (tertiary/aromatic N) is 1. The number of morpholine rings is 1. The molecule has 5 heteroatoms. The molecule has 0 aromatic carbocycles. The van der Waals surface area contributed by atoms with Crippen LogP contribution in [0.15, 0.2) is 0 Å². The highest BCUT2D eigenvalue weighted by Crippen LogP contribution is 2.11. The SMILES string of the molecule is CCOC(=O)C(CN1C[C@@H](C)O[C@@H](C)C1)NC. The summed E-state index contributed by atoms with van der Waals surface area (Å²) in [6, 6.07) is -0.257. The van der Waals surface area contributed by atoms with Gasteiger partial charge < -0.3 is 14.8 Å². The maximum Gasteiger partial charge on any atom is 0.324 e. The average molecular weight is 244 g/mol. The van der Waals surface area contributed by atoms with Gasteiger partial charge in [-0.15, -0.1) is 0 Å². The van der Waals surface area contributed by atoms with Crippen LogP contribution in [0.4, 0.5) is 0 Å². The molecule has 100 valence electrons. The molecule has 1 heterocycles. The maximum absolute atomic E-state index is 11.7. The van der Waals surface area contributed by atoms with Gasteiger partial charge in [0.05, 0.1) is 18.8 Å². The van der Waals surface area contributed by atoms with Crippen LogP contribution in [0.5, 0.6) is 0 Å². The monoisotopic (exact) mass is 244 g/mol. The van der Waals surface area contributed by atoms with E-state index in [1.54, 1.807) is 7.05 Å². The number of hydrogen-bond acceptors (Lipinski definition) is 5. The minimum absolute atomic E-state index is 0.179. The van der Waals surface area contributed by atoms with E-state index in [-0.39, 0.29) is 24.2 Å². The predicted octanol–water partition coefficient (Wildman–Crippen LogP) is 0.247. The Kier molecular flexibility index (Phi) is 5.88. The van der Waals surface area contributed by atoms with E-state index in [0.717, 1.165) is 13.1 Å². The van der Waals surface area contributed by atoms with Crippen LogP contribution in [-0.4, -0.2) is 62.4 Å². The van der Waals surface area contributed by atoms with E-state index in [9.17, 15) is 4.79 Å². The minimum atomic E-state index is -0.257. The van der Waals surface area contributed by atoms with Crippen molar-refractivity contribution in [3.8, 4) is 0 Å². The first-order chi connectivity index (χ1) is 8.06. The summed E-state index contributed by atoms with van der Waals surface area (Å²) >= 11 is 0. The molecular weight excluding hydrogens is 220 g/mol. The van der Waals surface area contributed by atoms with Crippen molar-refractivity contribution in [2.45, 2.75) is 39.0 Å². The van der Waals surface area contributed by atoms with Gasteiger partial charge in [-0.3, -0.25) is 9.69 Å². The second kappa shape index (κ2) is 6.93. The summed E-state index contributed by atoms with van der Waals surface area (Å²) in [5.41, 5.74) is 0. The molecule has 0 aromatic rings. The Balaban J connectivity index is 2.47. The molecule has 5 nitrogen and oxygen atoms in total.